The lowest BCUT2D eigenvalue weighted by atomic mass is 9.61. The van der Waals surface area contributed by atoms with Gasteiger partial charge in [0.25, 0.3) is 0 Å². The standard InChI is InChI=1S/C50H72O2/c1-37(19-15-21-39(3)23-29-47-43(7)25-27-45(49(47,9)10)35-41(5)31-33-51)17-13-14-18-38(2)20-16-22-40(4)24-30-48-44(8)26-28-46(50(48,11)12)36-42(6)32-34-52/h13-26,29-32,45-48,51-52H,27-28,33-36H2,1-12H3. The van der Waals surface area contributed by atoms with Crippen molar-refractivity contribution in [3.8, 4) is 0 Å². The van der Waals surface area contributed by atoms with E-state index < -0.39 is 0 Å². The van der Waals surface area contributed by atoms with Crippen molar-refractivity contribution in [2.24, 2.45) is 34.5 Å². The third-order valence-electron chi connectivity index (χ3n) is 11.5. The van der Waals surface area contributed by atoms with E-state index in [1.165, 1.54) is 44.6 Å². The predicted molar refractivity (Wildman–Crippen MR) is 230 cm³/mol. The molecule has 0 radical (unpaired) electrons. The van der Waals surface area contributed by atoms with Gasteiger partial charge in [-0.25, -0.2) is 0 Å². The van der Waals surface area contributed by atoms with Gasteiger partial charge in [-0.1, -0.05) is 182 Å². The molecular weight excluding hydrogens is 633 g/mol. The lowest BCUT2D eigenvalue weighted by Gasteiger charge is -2.44. The normalized spacial score (nSPS) is 25.7. The van der Waals surface area contributed by atoms with Crippen LogP contribution in [0.25, 0.3) is 0 Å². The van der Waals surface area contributed by atoms with Gasteiger partial charge in [0.1, 0.15) is 0 Å². The summed E-state index contributed by atoms with van der Waals surface area (Å²) in [7, 11) is 0. The Morgan fingerprint density at radius 1 is 0.558 bits per heavy atom. The molecule has 2 heteroatoms. The van der Waals surface area contributed by atoms with E-state index in [1.54, 1.807) is 0 Å². The number of hydrogen-bond acceptors (Lipinski definition) is 2. The quantitative estimate of drug-likeness (QED) is 0.124. The highest BCUT2D eigenvalue weighted by Gasteiger charge is 2.40. The highest BCUT2D eigenvalue weighted by molar-refractivity contribution is 5.33. The lowest BCUT2D eigenvalue weighted by Crippen LogP contribution is -2.35. The second kappa shape index (κ2) is 21.9. The summed E-state index contributed by atoms with van der Waals surface area (Å²) in [5, 5.41) is 18.6. The molecule has 0 amide bonds. The van der Waals surface area contributed by atoms with Crippen molar-refractivity contribution < 1.29 is 10.2 Å². The van der Waals surface area contributed by atoms with E-state index in [-0.39, 0.29) is 24.0 Å². The largest absolute Gasteiger partial charge is 0.392 e. The van der Waals surface area contributed by atoms with Crippen LogP contribution >= 0.6 is 0 Å². The van der Waals surface area contributed by atoms with E-state index >= 15 is 0 Å². The Hall–Kier alpha value is -3.46. The van der Waals surface area contributed by atoms with Gasteiger partial charge in [-0.2, -0.15) is 0 Å². The van der Waals surface area contributed by atoms with E-state index in [1.807, 2.05) is 12.2 Å². The fourth-order valence-electron chi connectivity index (χ4n) is 7.78. The summed E-state index contributed by atoms with van der Waals surface area (Å²) in [6, 6.07) is 0. The van der Waals surface area contributed by atoms with Gasteiger partial charge in [-0.15, -0.1) is 0 Å². The molecule has 0 spiro atoms. The number of hydrogen-bond donors (Lipinski definition) is 2. The van der Waals surface area contributed by atoms with Gasteiger partial charge in [0.05, 0.1) is 13.2 Å². The van der Waals surface area contributed by atoms with Crippen LogP contribution in [0.2, 0.25) is 0 Å². The topological polar surface area (TPSA) is 40.5 Å². The molecule has 0 heterocycles. The first kappa shape index (κ1) is 44.7. The molecule has 0 aromatic rings. The summed E-state index contributed by atoms with van der Waals surface area (Å²) in [5.41, 5.74) is 10.7. The van der Waals surface area contributed by atoms with Gasteiger partial charge in [0.15, 0.2) is 0 Å². The summed E-state index contributed by atoms with van der Waals surface area (Å²) in [6.45, 7) is 27.2. The molecule has 4 unspecified atom stereocenters. The van der Waals surface area contributed by atoms with Crippen molar-refractivity contribution in [1.82, 2.24) is 0 Å². The molecule has 2 N–H and O–H groups in total. The Kier molecular flexibility index (Phi) is 18.8. The van der Waals surface area contributed by atoms with Gasteiger partial charge in [0, 0.05) is 11.8 Å². The van der Waals surface area contributed by atoms with E-state index in [9.17, 15) is 10.2 Å². The molecule has 52 heavy (non-hydrogen) atoms. The maximum atomic E-state index is 9.31. The highest BCUT2D eigenvalue weighted by Crippen LogP contribution is 2.49. The average Bonchev–Trinajstić information content (AvgIpc) is 3.05. The Morgan fingerprint density at radius 2 is 0.885 bits per heavy atom. The molecule has 2 aliphatic rings. The number of aliphatic hydroxyl groups excluding tert-OH is 2. The predicted octanol–water partition coefficient (Wildman–Crippen LogP) is 13.4. The van der Waals surface area contributed by atoms with Crippen LogP contribution in [0, 0.1) is 34.5 Å². The Balaban J connectivity index is 1.95. The van der Waals surface area contributed by atoms with Crippen LogP contribution in [0.3, 0.4) is 0 Å². The molecule has 2 nitrogen and oxygen atoms in total. The number of rotatable bonds is 16. The third kappa shape index (κ3) is 14.5. The van der Waals surface area contributed by atoms with Crippen LogP contribution in [0.1, 0.15) is 109 Å². The molecule has 284 valence electrons. The fraction of sp³-hybridized carbons (Fsp3) is 0.480. The highest BCUT2D eigenvalue weighted by atomic mass is 16.3. The summed E-state index contributed by atoms with van der Waals surface area (Å²) < 4.78 is 0. The van der Waals surface area contributed by atoms with Crippen molar-refractivity contribution in [2.45, 2.75) is 109 Å². The Labute approximate surface area is 319 Å². The first-order valence-electron chi connectivity index (χ1n) is 19.5. The second-order valence-electron chi connectivity index (χ2n) is 16.7. The Bertz CT molecular complexity index is 1460. The summed E-state index contributed by atoms with van der Waals surface area (Å²) in [6.07, 6.45) is 43.7. The minimum atomic E-state index is 0.122. The second-order valence-corrected chi connectivity index (χ2v) is 16.7. The average molecular weight is 705 g/mol. The molecule has 2 aliphatic carbocycles. The zero-order valence-corrected chi connectivity index (χ0v) is 34.8. The molecule has 2 rings (SSSR count). The minimum Gasteiger partial charge on any atom is -0.392 e. The Morgan fingerprint density at radius 3 is 1.23 bits per heavy atom. The molecular formula is C50H72O2. The molecule has 0 aliphatic heterocycles. The van der Waals surface area contributed by atoms with Crippen molar-refractivity contribution in [2.75, 3.05) is 13.2 Å². The minimum absolute atomic E-state index is 0.122. The molecule has 0 bridgehead atoms. The summed E-state index contributed by atoms with van der Waals surface area (Å²) in [5.74, 6) is 1.94. The third-order valence-corrected chi connectivity index (χ3v) is 11.5. The molecule has 4 atom stereocenters. The van der Waals surface area contributed by atoms with E-state index in [4.69, 9.17) is 0 Å². The zero-order valence-electron chi connectivity index (χ0n) is 34.8. The molecule has 0 aromatic carbocycles. The maximum Gasteiger partial charge on any atom is 0.0614 e. The SMILES string of the molecule is CC(C=CC=C(C)C=CC1C(C)=CCC(CC(C)=CCO)C1(C)C)=CC=CC=C(C)C=CC=C(C)C=CC1C(C)=CCC(CC(C)=CCO)C1(C)C. The van der Waals surface area contributed by atoms with Crippen LogP contribution in [-0.4, -0.2) is 23.4 Å². The first-order chi connectivity index (χ1) is 24.5. The van der Waals surface area contributed by atoms with Crippen LogP contribution in [-0.2, 0) is 0 Å². The van der Waals surface area contributed by atoms with Gasteiger partial charge >= 0.3 is 0 Å². The monoisotopic (exact) mass is 705 g/mol. The summed E-state index contributed by atoms with van der Waals surface area (Å²) in [4.78, 5) is 0. The van der Waals surface area contributed by atoms with Crippen LogP contribution in [0.15, 0.2) is 154 Å². The van der Waals surface area contributed by atoms with Gasteiger partial charge < -0.3 is 10.2 Å². The summed E-state index contributed by atoms with van der Waals surface area (Å²) >= 11 is 0. The molecule has 0 fully saturated rings. The lowest BCUT2D eigenvalue weighted by molar-refractivity contribution is 0.151. The first-order valence-corrected chi connectivity index (χ1v) is 19.5. The van der Waals surface area contributed by atoms with Crippen molar-refractivity contribution in [3.05, 3.63) is 154 Å². The van der Waals surface area contributed by atoms with Crippen molar-refractivity contribution in [3.63, 3.8) is 0 Å². The maximum absolute atomic E-state index is 9.31. The van der Waals surface area contributed by atoms with Crippen molar-refractivity contribution in [1.29, 1.82) is 0 Å². The fourth-order valence-corrected chi connectivity index (χ4v) is 7.78. The van der Waals surface area contributed by atoms with Crippen molar-refractivity contribution >= 4 is 0 Å². The van der Waals surface area contributed by atoms with Gasteiger partial charge in [-0.3, -0.25) is 0 Å². The van der Waals surface area contributed by atoms with E-state index in [2.05, 4.69) is 180 Å². The molecule has 0 aromatic heterocycles. The van der Waals surface area contributed by atoms with Crippen LogP contribution < -0.4 is 0 Å². The number of allylic oxidation sites excluding steroid dienone is 24. The van der Waals surface area contributed by atoms with E-state index in [0.717, 1.165) is 25.7 Å². The van der Waals surface area contributed by atoms with E-state index in [0.29, 0.717) is 23.7 Å². The smallest absolute Gasteiger partial charge is 0.0614 e. The molecule has 0 saturated carbocycles. The van der Waals surface area contributed by atoms with Crippen LogP contribution in [0.5, 0.6) is 0 Å². The van der Waals surface area contributed by atoms with Gasteiger partial charge in [-0.05, 0) is 104 Å². The van der Waals surface area contributed by atoms with Crippen LogP contribution in [0.4, 0.5) is 0 Å². The molecule has 0 saturated heterocycles. The number of aliphatic hydroxyl groups is 2. The zero-order chi connectivity index (χ0) is 38.9. The van der Waals surface area contributed by atoms with Gasteiger partial charge in [0.2, 0.25) is 0 Å².